The van der Waals surface area contributed by atoms with Crippen molar-refractivity contribution in [2.45, 2.75) is 6.61 Å². The molecule has 152 valence electrons. The van der Waals surface area contributed by atoms with Crippen molar-refractivity contribution < 1.29 is 14.3 Å². The first-order valence-corrected chi connectivity index (χ1v) is 9.63. The molecule has 6 nitrogen and oxygen atoms in total. The normalized spacial score (nSPS) is 10.6. The first-order valence-electron chi connectivity index (χ1n) is 8.87. The van der Waals surface area contributed by atoms with Crippen molar-refractivity contribution in [2.24, 2.45) is 5.10 Å². The van der Waals surface area contributed by atoms with Crippen LogP contribution in [0.3, 0.4) is 0 Å². The highest BCUT2D eigenvalue weighted by atomic mass is 35.5. The first-order chi connectivity index (χ1) is 14.5. The van der Waals surface area contributed by atoms with Crippen LogP contribution in [0.1, 0.15) is 11.1 Å². The minimum atomic E-state index is -0.902. The highest BCUT2D eigenvalue weighted by Gasteiger charge is 2.12. The molecule has 2 amide bonds. The summed E-state index contributed by atoms with van der Waals surface area (Å²) in [5.74, 6) is -1.17. The van der Waals surface area contributed by atoms with Crippen LogP contribution in [0.2, 0.25) is 10.0 Å². The minimum Gasteiger partial charge on any atom is -0.488 e. The SMILES string of the molecule is O=C(NN=Cc1ccccc1OCc1ccc(Cl)cc1)C(=O)Nc1ccc(Cl)cc1. The zero-order valence-electron chi connectivity index (χ0n) is 15.6. The summed E-state index contributed by atoms with van der Waals surface area (Å²) in [5.41, 5.74) is 4.24. The summed E-state index contributed by atoms with van der Waals surface area (Å²) in [4.78, 5) is 23.8. The number of carbonyl (C=O) groups excluding carboxylic acids is 2. The van der Waals surface area contributed by atoms with E-state index in [9.17, 15) is 9.59 Å². The van der Waals surface area contributed by atoms with Gasteiger partial charge >= 0.3 is 11.8 Å². The number of nitrogens with zero attached hydrogens (tertiary/aromatic N) is 1. The second-order valence-corrected chi connectivity index (χ2v) is 6.99. The van der Waals surface area contributed by atoms with Crippen LogP contribution >= 0.6 is 23.2 Å². The number of amides is 2. The van der Waals surface area contributed by atoms with E-state index in [1.165, 1.54) is 6.21 Å². The Hall–Kier alpha value is -3.35. The molecule has 0 spiro atoms. The van der Waals surface area contributed by atoms with Crippen molar-refractivity contribution in [3.05, 3.63) is 94.0 Å². The second kappa shape index (κ2) is 10.4. The molecule has 0 saturated heterocycles. The summed E-state index contributed by atoms with van der Waals surface area (Å²) in [6, 6.07) is 20.9. The molecule has 0 atom stereocenters. The van der Waals surface area contributed by atoms with E-state index in [1.54, 1.807) is 48.5 Å². The lowest BCUT2D eigenvalue weighted by Gasteiger charge is -2.09. The van der Waals surface area contributed by atoms with Crippen LogP contribution < -0.4 is 15.5 Å². The number of hydrogen-bond donors (Lipinski definition) is 2. The van der Waals surface area contributed by atoms with E-state index in [2.05, 4.69) is 15.8 Å². The Morgan fingerprint density at radius 1 is 0.867 bits per heavy atom. The zero-order valence-corrected chi connectivity index (χ0v) is 17.2. The van der Waals surface area contributed by atoms with Gasteiger partial charge in [-0.05, 0) is 54.1 Å². The molecule has 0 radical (unpaired) electrons. The van der Waals surface area contributed by atoms with Crippen molar-refractivity contribution in [3.8, 4) is 5.75 Å². The highest BCUT2D eigenvalue weighted by Crippen LogP contribution is 2.18. The maximum absolute atomic E-state index is 11.9. The van der Waals surface area contributed by atoms with E-state index in [0.717, 1.165) is 5.56 Å². The Morgan fingerprint density at radius 3 is 2.20 bits per heavy atom. The third kappa shape index (κ3) is 6.34. The number of carbonyl (C=O) groups is 2. The number of hydrogen-bond acceptors (Lipinski definition) is 4. The van der Waals surface area contributed by atoms with Crippen molar-refractivity contribution >= 4 is 46.9 Å². The smallest absolute Gasteiger partial charge is 0.329 e. The molecule has 0 fully saturated rings. The lowest BCUT2D eigenvalue weighted by atomic mass is 10.2. The predicted octanol–water partition coefficient (Wildman–Crippen LogP) is 4.66. The molecule has 30 heavy (non-hydrogen) atoms. The van der Waals surface area contributed by atoms with Gasteiger partial charge in [0.2, 0.25) is 0 Å². The quantitative estimate of drug-likeness (QED) is 0.331. The number of para-hydroxylation sites is 1. The fraction of sp³-hybridized carbons (Fsp3) is 0.0455. The molecule has 0 unspecified atom stereocenters. The molecular weight excluding hydrogens is 425 g/mol. The van der Waals surface area contributed by atoms with Gasteiger partial charge in [0, 0.05) is 21.3 Å². The average Bonchev–Trinajstić information content (AvgIpc) is 2.75. The molecule has 0 aromatic heterocycles. The number of anilines is 1. The molecule has 0 aliphatic rings. The van der Waals surface area contributed by atoms with Gasteiger partial charge in [-0.3, -0.25) is 9.59 Å². The van der Waals surface area contributed by atoms with Crippen molar-refractivity contribution in [3.63, 3.8) is 0 Å². The van der Waals surface area contributed by atoms with Crippen LogP contribution in [0.25, 0.3) is 0 Å². The summed E-state index contributed by atoms with van der Waals surface area (Å²) in [5, 5.41) is 7.48. The molecule has 0 bridgehead atoms. The fourth-order valence-corrected chi connectivity index (χ4v) is 2.64. The zero-order chi connectivity index (χ0) is 21.3. The molecule has 0 saturated carbocycles. The van der Waals surface area contributed by atoms with Gasteiger partial charge in [-0.15, -0.1) is 0 Å². The first kappa shape index (κ1) is 21.4. The molecule has 0 aliphatic heterocycles. The molecule has 3 rings (SSSR count). The summed E-state index contributed by atoms with van der Waals surface area (Å²) < 4.78 is 5.82. The van der Waals surface area contributed by atoms with Crippen LogP contribution in [0, 0.1) is 0 Å². The molecule has 2 N–H and O–H groups in total. The van der Waals surface area contributed by atoms with E-state index >= 15 is 0 Å². The van der Waals surface area contributed by atoms with Crippen LogP contribution in [-0.4, -0.2) is 18.0 Å². The number of benzene rings is 3. The third-order valence-electron chi connectivity index (χ3n) is 3.90. The third-order valence-corrected chi connectivity index (χ3v) is 4.41. The van der Waals surface area contributed by atoms with Crippen LogP contribution in [0.4, 0.5) is 5.69 Å². The molecule has 0 aliphatic carbocycles. The summed E-state index contributed by atoms with van der Waals surface area (Å²) in [7, 11) is 0. The number of hydrazone groups is 1. The van der Waals surface area contributed by atoms with Gasteiger partial charge in [0.1, 0.15) is 12.4 Å². The molecular formula is C22H17Cl2N3O3. The number of ether oxygens (including phenoxy) is 1. The minimum absolute atomic E-state index is 0.345. The monoisotopic (exact) mass is 441 g/mol. The molecule has 0 heterocycles. The summed E-state index contributed by atoms with van der Waals surface area (Å²) in [6.07, 6.45) is 1.41. The van der Waals surface area contributed by atoms with E-state index < -0.39 is 11.8 Å². The van der Waals surface area contributed by atoms with E-state index in [1.807, 2.05) is 24.3 Å². The van der Waals surface area contributed by atoms with Gasteiger partial charge in [-0.25, -0.2) is 5.43 Å². The summed E-state index contributed by atoms with van der Waals surface area (Å²) in [6.45, 7) is 0.345. The second-order valence-electron chi connectivity index (χ2n) is 6.11. The van der Waals surface area contributed by atoms with E-state index in [4.69, 9.17) is 27.9 Å². The molecule has 3 aromatic rings. The Kier molecular flexibility index (Phi) is 7.43. The van der Waals surface area contributed by atoms with Gasteiger partial charge in [0.15, 0.2) is 0 Å². The van der Waals surface area contributed by atoms with E-state index in [-0.39, 0.29) is 0 Å². The largest absolute Gasteiger partial charge is 0.488 e. The standard InChI is InChI=1S/C22H17Cl2N3O3/c23-17-7-5-15(6-8-17)14-30-20-4-2-1-3-16(20)13-25-27-22(29)21(28)26-19-11-9-18(24)10-12-19/h1-13H,14H2,(H,26,28)(H,27,29). The van der Waals surface area contributed by atoms with Gasteiger partial charge in [0.25, 0.3) is 0 Å². The Bertz CT molecular complexity index is 1050. The Morgan fingerprint density at radius 2 is 1.50 bits per heavy atom. The number of nitrogens with one attached hydrogen (secondary N) is 2. The van der Waals surface area contributed by atoms with Gasteiger partial charge < -0.3 is 10.1 Å². The van der Waals surface area contributed by atoms with Gasteiger partial charge in [-0.2, -0.15) is 5.10 Å². The van der Waals surface area contributed by atoms with E-state index in [0.29, 0.717) is 33.7 Å². The highest BCUT2D eigenvalue weighted by molar-refractivity contribution is 6.39. The van der Waals surface area contributed by atoms with Gasteiger partial charge in [-0.1, -0.05) is 47.5 Å². The van der Waals surface area contributed by atoms with Crippen molar-refractivity contribution in [2.75, 3.05) is 5.32 Å². The number of halogens is 2. The topological polar surface area (TPSA) is 79.8 Å². The van der Waals surface area contributed by atoms with Crippen LogP contribution in [0.15, 0.2) is 77.9 Å². The number of rotatable bonds is 6. The maximum Gasteiger partial charge on any atom is 0.329 e. The van der Waals surface area contributed by atoms with Crippen LogP contribution in [0.5, 0.6) is 5.75 Å². The van der Waals surface area contributed by atoms with Crippen LogP contribution in [-0.2, 0) is 16.2 Å². The van der Waals surface area contributed by atoms with Crippen molar-refractivity contribution in [1.82, 2.24) is 5.43 Å². The molecule has 3 aromatic carbocycles. The predicted molar refractivity (Wildman–Crippen MR) is 118 cm³/mol. The molecule has 8 heteroatoms. The fourth-order valence-electron chi connectivity index (χ4n) is 2.39. The lowest BCUT2D eigenvalue weighted by Crippen LogP contribution is -2.32. The maximum atomic E-state index is 11.9. The lowest BCUT2D eigenvalue weighted by molar-refractivity contribution is -0.136. The average molecular weight is 442 g/mol. The van der Waals surface area contributed by atoms with Crippen molar-refractivity contribution in [1.29, 1.82) is 0 Å². The van der Waals surface area contributed by atoms with Gasteiger partial charge in [0.05, 0.1) is 6.21 Å². The Labute approximate surface area is 183 Å². The Balaban J connectivity index is 1.56. The summed E-state index contributed by atoms with van der Waals surface area (Å²) >= 11 is 11.7.